The normalized spacial score (nSPS) is 25.2. The number of sulfonamides is 1. The fraction of sp³-hybridized carbons (Fsp3) is 0.680. The quantitative estimate of drug-likeness (QED) is 0.484. The van der Waals surface area contributed by atoms with Crippen molar-refractivity contribution in [2.24, 2.45) is 23.7 Å². The van der Waals surface area contributed by atoms with Crippen molar-refractivity contribution < 1.29 is 44.3 Å². The summed E-state index contributed by atoms with van der Waals surface area (Å²) in [6.07, 6.45) is -3.19. The summed E-state index contributed by atoms with van der Waals surface area (Å²) >= 11 is 0. The molecule has 0 radical (unpaired) electrons. The Kier molecular flexibility index (Phi) is 8.07. The van der Waals surface area contributed by atoms with E-state index in [1.165, 1.54) is 0 Å². The first-order chi connectivity index (χ1) is 17.6. The lowest BCUT2D eigenvalue weighted by atomic mass is 9.76. The minimum atomic E-state index is -5.23. The van der Waals surface area contributed by atoms with Gasteiger partial charge in [-0.05, 0) is 61.6 Å². The minimum Gasteiger partial charge on any atom is -0.342 e. The van der Waals surface area contributed by atoms with Crippen LogP contribution in [0, 0.1) is 23.7 Å². The summed E-state index contributed by atoms with van der Waals surface area (Å²) < 4.78 is 107. The average Bonchev–Trinajstić information content (AvgIpc) is 3.28. The number of carbonyl (C=O) groups excluding carboxylic acids is 2. The van der Waals surface area contributed by atoms with Crippen molar-refractivity contribution in [2.75, 3.05) is 13.1 Å². The number of hydrogen-bond donors (Lipinski definition) is 1. The first-order valence-electron chi connectivity index (χ1n) is 12.8. The lowest BCUT2D eigenvalue weighted by Gasteiger charge is -2.42. The number of nitrogens with one attached hydrogen (secondary N) is 1. The van der Waals surface area contributed by atoms with Crippen molar-refractivity contribution in [2.45, 2.75) is 75.0 Å². The number of carbonyl (C=O) groups is 2. The lowest BCUT2D eigenvalue weighted by Crippen LogP contribution is -2.53. The number of alkyl halides is 6. The maximum absolute atomic E-state index is 13.2. The number of rotatable bonds is 5. The van der Waals surface area contributed by atoms with Gasteiger partial charge in [0.1, 0.15) is 0 Å². The molecular formula is C25H30F6N2O4S. The zero-order valence-corrected chi connectivity index (χ0v) is 21.4. The third kappa shape index (κ3) is 6.45. The first-order valence-corrected chi connectivity index (χ1v) is 14.3. The van der Waals surface area contributed by atoms with Gasteiger partial charge in [0.2, 0.25) is 11.8 Å². The molecule has 6 nitrogen and oxygen atoms in total. The van der Waals surface area contributed by atoms with Crippen molar-refractivity contribution in [1.82, 2.24) is 9.62 Å². The van der Waals surface area contributed by atoms with Crippen molar-refractivity contribution in [3.63, 3.8) is 0 Å². The van der Waals surface area contributed by atoms with Gasteiger partial charge in [-0.15, -0.1) is 0 Å². The van der Waals surface area contributed by atoms with Crippen molar-refractivity contribution in [1.29, 1.82) is 0 Å². The van der Waals surface area contributed by atoms with Crippen LogP contribution in [-0.4, -0.2) is 38.2 Å². The second-order valence-electron chi connectivity index (χ2n) is 10.7. The second kappa shape index (κ2) is 10.7. The number of likely N-dealkylation sites (tertiary alicyclic amines) is 1. The Bertz CT molecular complexity index is 1110. The van der Waals surface area contributed by atoms with Crippen LogP contribution in [0.4, 0.5) is 26.3 Å². The Morgan fingerprint density at radius 1 is 0.816 bits per heavy atom. The highest BCUT2D eigenvalue weighted by atomic mass is 32.2. The van der Waals surface area contributed by atoms with Crippen LogP contribution in [0.25, 0.3) is 0 Å². The number of nitrogens with zero attached hydrogens (tertiary/aromatic N) is 1. The molecule has 1 saturated heterocycles. The molecule has 13 heteroatoms. The van der Waals surface area contributed by atoms with Crippen LogP contribution in [0.5, 0.6) is 0 Å². The summed E-state index contributed by atoms with van der Waals surface area (Å²) in [6.45, 7) is 0.532. The van der Waals surface area contributed by atoms with E-state index in [4.69, 9.17) is 0 Å². The topological polar surface area (TPSA) is 83.6 Å². The summed E-state index contributed by atoms with van der Waals surface area (Å²) in [6, 6.07) is -0.00188. The van der Waals surface area contributed by atoms with E-state index in [2.05, 4.69) is 0 Å². The van der Waals surface area contributed by atoms with E-state index in [1.54, 1.807) is 9.62 Å². The maximum Gasteiger partial charge on any atom is 0.416 e. The van der Waals surface area contributed by atoms with E-state index in [-0.39, 0.29) is 49.0 Å². The molecule has 212 valence electrons. The summed E-state index contributed by atoms with van der Waals surface area (Å²) in [7, 11) is -5.04. The van der Waals surface area contributed by atoms with Gasteiger partial charge in [-0.1, -0.05) is 25.7 Å². The lowest BCUT2D eigenvalue weighted by molar-refractivity contribution is -0.143. The van der Waals surface area contributed by atoms with E-state index in [0.29, 0.717) is 25.2 Å². The zero-order chi connectivity index (χ0) is 27.9. The van der Waals surface area contributed by atoms with E-state index in [0.717, 1.165) is 38.5 Å². The average molecular weight is 569 g/mol. The molecule has 2 bridgehead atoms. The highest BCUT2D eigenvalue weighted by Gasteiger charge is 2.45. The van der Waals surface area contributed by atoms with Crippen LogP contribution >= 0.6 is 0 Å². The number of fused-ring (bicyclic) bond motifs is 2. The molecule has 3 fully saturated rings. The van der Waals surface area contributed by atoms with Crippen molar-refractivity contribution >= 4 is 21.8 Å². The standard InChI is InChI=1S/C25H30F6N2O4S/c26-24(27,28)18-10-19(25(29,30)31)12-20(11-18)38(36,37)32-23(35)22-16-7-3-4-8-17(22)14-33(13-16)21(34)9-15-5-1-2-6-15/h10-12,15-17,22H,1-9,13-14H2,(H,32,35). The van der Waals surface area contributed by atoms with Crippen LogP contribution in [0.2, 0.25) is 0 Å². The molecule has 1 heterocycles. The Morgan fingerprint density at radius 3 is 1.76 bits per heavy atom. The highest BCUT2D eigenvalue weighted by Crippen LogP contribution is 2.41. The molecule has 3 aliphatic rings. The van der Waals surface area contributed by atoms with Gasteiger partial charge in [0.25, 0.3) is 10.0 Å². The fourth-order valence-electron chi connectivity index (χ4n) is 6.17. The third-order valence-electron chi connectivity index (χ3n) is 8.03. The number of amides is 2. The van der Waals surface area contributed by atoms with E-state index >= 15 is 0 Å². The molecule has 2 aliphatic carbocycles. The predicted molar refractivity (Wildman–Crippen MR) is 124 cm³/mol. The summed E-state index contributed by atoms with van der Waals surface area (Å²) in [4.78, 5) is 26.6. The van der Waals surface area contributed by atoms with Gasteiger partial charge < -0.3 is 4.90 Å². The Hall–Kier alpha value is -2.31. The predicted octanol–water partition coefficient (Wildman–Crippen LogP) is 5.37. The van der Waals surface area contributed by atoms with Crippen LogP contribution in [-0.2, 0) is 32.0 Å². The molecule has 2 amide bonds. The molecule has 2 atom stereocenters. The minimum absolute atomic E-state index is 0.00363. The number of hydrogen-bond acceptors (Lipinski definition) is 4. The largest absolute Gasteiger partial charge is 0.416 e. The molecule has 2 saturated carbocycles. The molecule has 1 aromatic rings. The molecular weight excluding hydrogens is 538 g/mol. The second-order valence-corrected chi connectivity index (χ2v) is 12.4. The first kappa shape index (κ1) is 28.7. The summed E-state index contributed by atoms with van der Waals surface area (Å²) in [5.41, 5.74) is -3.58. The van der Waals surface area contributed by atoms with Gasteiger partial charge in [0.15, 0.2) is 0 Å². The molecule has 4 rings (SSSR count). The van der Waals surface area contributed by atoms with Gasteiger partial charge in [-0.25, -0.2) is 13.1 Å². The SMILES string of the molecule is O=C(NS(=O)(=O)c1cc(C(F)(F)F)cc(C(F)(F)F)c1)C1C2CCCCC1CN(C(=O)CC1CCCC1)C2. The molecule has 1 aliphatic heterocycles. The third-order valence-corrected chi connectivity index (χ3v) is 9.35. The molecule has 1 N–H and O–H groups in total. The van der Waals surface area contributed by atoms with E-state index in [1.807, 2.05) is 0 Å². The van der Waals surface area contributed by atoms with Crippen molar-refractivity contribution in [3.05, 3.63) is 29.3 Å². The fourth-order valence-corrected chi connectivity index (χ4v) is 7.25. The van der Waals surface area contributed by atoms with Crippen LogP contribution in [0.15, 0.2) is 23.1 Å². The monoisotopic (exact) mass is 568 g/mol. The Labute approximate surface area is 217 Å². The van der Waals surface area contributed by atoms with Gasteiger partial charge in [-0.2, -0.15) is 26.3 Å². The number of halogens is 6. The molecule has 1 aromatic carbocycles. The number of benzene rings is 1. The summed E-state index contributed by atoms with van der Waals surface area (Å²) in [5.74, 6) is -2.16. The Morgan fingerprint density at radius 2 is 1.29 bits per heavy atom. The van der Waals surface area contributed by atoms with Gasteiger partial charge in [-0.3, -0.25) is 9.59 Å². The summed E-state index contributed by atoms with van der Waals surface area (Å²) in [5, 5.41) is 0. The maximum atomic E-state index is 13.2. The van der Waals surface area contributed by atoms with Crippen LogP contribution in [0.1, 0.15) is 68.9 Å². The zero-order valence-electron chi connectivity index (χ0n) is 20.6. The smallest absolute Gasteiger partial charge is 0.342 e. The number of piperidine rings is 1. The van der Waals surface area contributed by atoms with Gasteiger partial charge in [0.05, 0.1) is 16.0 Å². The van der Waals surface area contributed by atoms with Crippen LogP contribution in [0.3, 0.4) is 0 Å². The van der Waals surface area contributed by atoms with Crippen LogP contribution < -0.4 is 4.72 Å². The molecule has 2 unspecified atom stereocenters. The van der Waals surface area contributed by atoms with Gasteiger partial charge >= 0.3 is 12.4 Å². The van der Waals surface area contributed by atoms with Crippen molar-refractivity contribution in [3.8, 4) is 0 Å². The molecule has 0 aromatic heterocycles. The van der Waals surface area contributed by atoms with Gasteiger partial charge in [0, 0.05) is 25.4 Å². The highest BCUT2D eigenvalue weighted by molar-refractivity contribution is 7.90. The Balaban J connectivity index is 1.55. The molecule has 0 spiro atoms. The van der Waals surface area contributed by atoms with E-state index < -0.39 is 50.2 Å². The molecule has 38 heavy (non-hydrogen) atoms. The van der Waals surface area contributed by atoms with E-state index in [9.17, 15) is 44.3 Å².